The lowest BCUT2D eigenvalue weighted by Crippen LogP contribution is -2.38. The smallest absolute Gasteiger partial charge is 0.264 e. The van der Waals surface area contributed by atoms with E-state index in [0.717, 1.165) is 4.31 Å². The number of benzene rings is 3. The van der Waals surface area contributed by atoms with E-state index in [9.17, 15) is 13.2 Å². The van der Waals surface area contributed by atoms with Crippen LogP contribution < -0.4 is 14.4 Å². The van der Waals surface area contributed by atoms with E-state index >= 15 is 0 Å². The Hall–Kier alpha value is -3.29. The summed E-state index contributed by atoms with van der Waals surface area (Å²) in [7, 11) is -3.99. The van der Waals surface area contributed by atoms with Crippen LogP contribution >= 0.6 is 11.6 Å². The molecule has 0 saturated heterocycles. The second kappa shape index (κ2) is 10.3. The van der Waals surface area contributed by atoms with Gasteiger partial charge in [0.25, 0.3) is 10.0 Å². The quantitative estimate of drug-likeness (QED) is 0.444. The van der Waals surface area contributed by atoms with E-state index in [4.69, 9.17) is 16.3 Å². The number of anilines is 2. The largest absolute Gasteiger partial charge is 0.490 e. The Bertz CT molecular complexity index is 1200. The van der Waals surface area contributed by atoms with Crippen LogP contribution in [0.2, 0.25) is 5.02 Å². The minimum absolute atomic E-state index is 0.0888. The summed E-state index contributed by atoms with van der Waals surface area (Å²) in [6.45, 7) is 5.30. The molecule has 0 bridgehead atoms. The molecular weight excluding hydrogens is 448 g/mol. The number of nitrogens with zero attached hydrogens (tertiary/aromatic N) is 1. The first kappa shape index (κ1) is 23.4. The normalized spacial score (nSPS) is 10.9. The van der Waals surface area contributed by atoms with Gasteiger partial charge in [0.05, 0.1) is 10.6 Å². The van der Waals surface area contributed by atoms with E-state index in [1.807, 2.05) is 0 Å². The molecule has 0 heterocycles. The van der Waals surface area contributed by atoms with Crippen LogP contribution in [0.5, 0.6) is 5.75 Å². The van der Waals surface area contributed by atoms with Crippen molar-refractivity contribution in [2.45, 2.75) is 11.8 Å². The molecule has 0 atom stereocenters. The predicted molar refractivity (Wildman–Crippen MR) is 128 cm³/mol. The number of carbonyl (C=O) groups is 1. The van der Waals surface area contributed by atoms with Crippen LogP contribution in [0.3, 0.4) is 0 Å². The molecular formula is C24H23ClN2O4S. The van der Waals surface area contributed by atoms with Crippen molar-refractivity contribution < 1.29 is 17.9 Å². The summed E-state index contributed by atoms with van der Waals surface area (Å²) in [4.78, 5) is 12.9. The molecule has 0 unspecified atom stereocenters. The van der Waals surface area contributed by atoms with Crippen molar-refractivity contribution in [3.05, 3.63) is 96.0 Å². The number of aryl methyl sites for hydroxylation is 1. The number of rotatable bonds is 9. The van der Waals surface area contributed by atoms with Gasteiger partial charge in [0.15, 0.2) is 0 Å². The SMILES string of the molecule is C=CCOc1ccc(NC(=O)CN(c2ccc(Cl)cc2C)S(=O)(=O)c2ccccc2)cc1. The average molecular weight is 471 g/mol. The zero-order chi connectivity index (χ0) is 23.1. The Morgan fingerprint density at radius 2 is 1.78 bits per heavy atom. The zero-order valence-corrected chi connectivity index (χ0v) is 19.1. The summed E-state index contributed by atoms with van der Waals surface area (Å²) in [6.07, 6.45) is 1.64. The Morgan fingerprint density at radius 1 is 1.09 bits per heavy atom. The van der Waals surface area contributed by atoms with Gasteiger partial charge >= 0.3 is 0 Å². The number of hydrogen-bond acceptors (Lipinski definition) is 4. The van der Waals surface area contributed by atoms with Gasteiger partial charge in [0.1, 0.15) is 18.9 Å². The van der Waals surface area contributed by atoms with Crippen LogP contribution in [-0.4, -0.2) is 27.5 Å². The summed E-state index contributed by atoms with van der Waals surface area (Å²) in [5.74, 6) is 0.145. The van der Waals surface area contributed by atoms with Crippen LogP contribution in [-0.2, 0) is 14.8 Å². The molecule has 0 aliphatic carbocycles. The lowest BCUT2D eigenvalue weighted by atomic mass is 10.2. The number of sulfonamides is 1. The molecule has 8 heteroatoms. The number of nitrogens with one attached hydrogen (secondary N) is 1. The second-order valence-corrected chi connectivity index (χ2v) is 9.23. The Balaban J connectivity index is 1.87. The van der Waals surface area contributed by atoms with E-state index in [1.54, 1.807) is 73.7 Å². The third-order valence-electron chi connectivity index (χ3n) is 4.55. The number of halogens is 1. The summed E-state index contributed by atoms with van der Waals surface area (Å²) in [5, 5.41) is 3.21. The van der Waals surface area contributed by atoms with Crippen molar-refractivity contribution in [2.24, 2.45) is 0 Å². The first-order chi connectivity index (χ1) is 15.3. The van der Waals surface area contributed by atoms with Gasteiger partial charge in [0, 0.05) is 10.7 Å². The van der Waals surface area contributed by atoms with Gasteiger partial charge in [-0.2, -0.15) is 0 Å². The summed E-state index contributed by atoms with van der Waals surface area (Å²) < 4.78 is 33.3. The predicted octanol–water partition coefficient (Wildman–Crippen LogP) is 5.05. The van der Waals surface area contributed by atoms with E-state index < -0.39 is 22.5 Å². The summed E-state index contributed by atoms with van der Waals surface area (Å²) in [6, 6.07) is 19.6. The Labute approximate surface area is 193 Å². The highest BCUT2D eigenvalue weighted by atomic mass is 35.5. The molecule has 0 aliphatic heterocycles. The number of hydrogen-bond donors (Lipinski definition) is 1. The summed E-state index contributed by atoms with van der Waals surface area (Å²) >= 11 is 6.05. The van der Waals surface area contributed by atoms with E-state index in [0.29, 0.717) is 34.3 Å². The van der Waals surface area contributed by atoms with E-state index in [2.05, 4.69) is 11.9 Å². The van der Waals surface area contributed by atoms with Crippen molar-refractivity contribution in [3.8, 4) is 5.75 Å². The van der Waals surface area contributed by atoms with Crippen molar-refractivity contribution in [3.63, 3.8) is 0 Å². The Morgan fingerprint density at radius 3 is 2.41 bits per heavy atom. The maximum Gasteiger partial charge on any atom is 0.264 e. The van der Waals surface area contributed by atoms with Crippen LogP contribution in [0.25, 0.3) is 0 Å². The highest BCUT2D eigenvalue weighted by Crippen LogP contribution is 2.29. The molecule has 0 aliphatic rings. The van der Waals surface area contributed by atoms with Gasteiger partial charge in [-0.3, -0.25) is 9.10 Å². The molecule has 0 radical (unpaired) electrons. The average Bonchev–Trinajstić information content (AvgIpc) is 2.78. The van der Waals surface area contributed by atoms with E-state index in [-0.39, 0.29) is 4.90 Å². The van der Waals surface area contributed by atoms with Crippen LogP contribution in [0.15, 0.2) is 90.3 Å². The number of carbonyl (C=O) groups excluding carboxylic acids is 1. The standard InChI is InChI=1S/C24H23ClN2O4S/c1-3-15-31-21-12-10-20(11-13-21)26-24(28)17-27(23-14-9-19(25)16-18(23)2)32(29,30)22-7-5-4-6-8-22/h3-14,16H,1,15,17H2,2H3,(H,26,28). The molecule has 1 N–H and O–H groups in total. The Kier molecular flexibility index (Phi) is 7.56. The molecule has 0 saturated carbocycles. The topological polar surface area (TPSA) is 75.7 Å². The highest BCUT2D eigenvalue weighted by molar-refractivity contribution is 7.92. The maximum atomic E-state index is 13.4. The first-order valence-electron chi connectivity index (χ1n) is 9.79. The molecule has 3 aromatic carbocycles. The molecule has 6 nitrogen and oxygen atoms in total. The fourth-order valence-corrected chi connectivity index (χ4v) is 4.77. The number of ether oxygens (including phenoxy) is 1. The minimum atomic E-state index is -3.99. The van der Waals surface area contributed by atoms with Crippen LogP contribution in [0, 0.1) is 6.92 Å². The number of amides is 1. The molecule has 3 rings (SSSR count). The molecule has 1 amide bonds. The molecule has 0 spiro atoms. The highest BCUT2D eigenvalue weighted by Gasteiger charge is 2.28. The van der Waals surface area contributed by atoms with Gasteiger partial charge in [0.2, 0.25) is 5.91 Å². The fourth-order valence-electron chi connectivity index (χ4n) is 3.04. The minimum Gasteiger partial charge on any atom is -0.490 e. The lowest BCUT2D eigenvalue weighted by Gasteiger charge is -2.25. The molecule has 3 aromatic rings. The first-order valence-corrected chi connectivity index (χ1v) is 11.6. The second-order valence-electron chi connectivity index (χ2n) is 6.93. The zero-order valence-electron chi connectivity index (χ0n) is 17.5. The van der Waals surface area contributed by atoms with Crippen LogP contribution in [0.1, 0.15) is 5.56 Å². The van der Waals surface area contributed by atoms with Gasteiger partial charge in [-0.05, 0) is 67.1 Å². The van der Waals surface area contributed by atoms with Crippen molar-refractivity contribution in [2.75, 3.05) is 22.8 Å². The van der Waals surface area contributed by atoms with Crippen LogP contribution in [0.4, 0.5) is 11.4 Å². The van der Waals surface area contributed by atoms with Crippen molar-refractivity contribution >= 4 is 38.9 Å². The molecule has 0 fully saturated rings. The lowest BCUT2D eigenvalue weighted by molar-refractivity contribution is -0.114. The van der Waals surface area contributed by atoms with Crippen molar-refractivity contribution in [1.29, 1.82) is 0 Å². The van der Waals surface area contributed by atoms with Gasteiger partial charge in [-0.15, -0.1) is 0 Å². The molecule has 0 aromatic heterocycles. The van der Waals surface area contributed by atoms with Crippen molar-refractivity contribution in [1.82, 2.24) is 0 Å². The summed E-state index contributed by atoms with van der Waals surface area (Å²) in [5.41, 5.74) is 1.53. The molecule has 32 heavy (non-hydrogen) atoms. The van der Waals surface area contributed by atoms with Gasteiger partial charge in [-0.1, -0.05) is 42.5 Å². The van der Waals surface area contributed by atoms with Gasteiger partial charge in [-0.25, -0.2) is 8.42 Å². The maximum absolute atomic E-state index is 13.4. The molecule has 166 valence electrons. The third-order valence-corrected chi connectivity index (χ3v) is 6.56. The fraction of sp³-hybridized carbons (Fsp3) is 0.125. The van der Waals surface area contributed by atoms with E-state index in [1.165, 1.54) is 12.1 Å². The third kappa shape index (κ3) is 5.69. The van der Waals surface area contributed by atoms with Gasteiger partial charge < -0.3 is 10.1 Å². The monoisotopic (exact) mass is 470 g/mol.